The number of amides is 1. The molecule has 0 spiro atoms. The van der Waals surface area contributed by atoms with Crippen LogP contribution in [0.1, 0.15) is 6.92 Å². The first-order chi connectivity index (χ1) is 4.27. The maximum Gasteiger partial charge on any atom is 0.216 e. The largest absolute Gasteiger partial charge is 0.354 e. The van der Waals surface area contributed by atoms with E-state index in [9.17, 15) is 4.79 Å². The van der Waals surface area contributed by atoms with Crippen molar-refractivity contribution in [3.05, 3.63) is 0 Å². The molecule has 0 aromatic rings. The molecule has 0 rings (SSSR count). The highest BCUT2D eigenvalue weighted by Gasteiger charge is 1.87. The molecule has 9 heavy (non-hydrogen) atoms. The molecule has 0 aromatic carbocycles. The minimum absolute atomic E-state index is 0.0327. The van der Waals surface area contributed by atoms with E-state index in [0.717, 1.165) is 0 Å². The van der Waals surface area contributed by atoms with E-state index in [2.05, 4.69) is 10.8 Å². The topological polar surface area (TPSA) is 50.4 Å². The number of carbonyl (C=O) groups is 1. The second kappa shape index (κ2) is 5.53. The summed E-state index contributed by atoms with van der Waals surface area (Å²) < 4.78 is 0. The van der Waals surface area contributed by atoms with E-state index in [-0.39, 0.29) is 5.91 Å². The lowest BCUT2D eigenvalue weighted by Gasteiger charge is -2.00. The Bertz CT molecular complexity index is 85.0. The summed E-state index contributed by atoms with van der Waals surface area (Å²) in [5, 5.41) is 2.58. The number of rotatable bonds is 4. The van der Waals surface area contributed by atoms with Crippen LogP contribution in [0.4, 0.5) is 0 Å². The van der Waals surface area contributed by atoms with Crippen LogP contribution >= 0.6 is 0 Å². The van der Waals surface area contributed by atoms with Crippen LogP contribution in [-0.4, -0.2) is 26.1 Å². The smallest absolute Gasteiger partial charge is 0.216 e. The molecular weight excluding hydrogens is 120 g/mol. The van der Waals surface area contributed by atoms with E-state index >= 15 is 0 Å². The predicted octanol–water partition coefficient (Wildman–Crippen LogP) is -0.727. The normalized spacial score (nSPS) is 9.11. The molecule has 0 saturated carbocycles. The zero-order chi connectivity index (χ0) is 7.11. The Labute approximate surface area is 54.5 Å². The molecular formula is C5H12N2O2. The lowest BCUT2D eigenvalue weighted by Crippen LogP contribution is -2.26. The average Bonchev–Trinajstić information content (AvgIpc) is 1.80. The Morgan fingerprint density at radius 2 is 2.33 bits per heavy atom. The minimum atomic E-state index is -0.0327. The van der Waals surface area contributed by atoms with Crippen molar-refractivity contribution in [1.82, 2.24) is 10.8 Å². The van der Waals surface area contributed by atoms with E-state index in [1.54, 1.807) is 7.05 Å². The third-order valence-electron chi connectivity index (χ3n) is 0.722. The van der Waals surface area contributed by atoms with Crippen LogP contribution in [0.2, 0.25) is 0 Å². The summed E-state index contributed by atoms with van der Waals surface area (Å²) in [5.74, 6) is -0.0327. The molecule has 0 aromatic heterocycles. The third-order valence-corrected chi connectivity index (χ3v) is 0.722. The van der Waals surface area contributed by atoms with Gasteiger partial charge in [-0.05, 0) is 0 Å². The zero-order valence-corrected chi connectivity index (χ0v) is 5.73. The molecule has 4 heteroatoms. The lowest BCUT2D eigenvalue weighted by molar-refractivity contribution is -0.119. The monoisotopic (exact) mass is 132 g/mol. The van der Waals surface area contributed by atoms with Crippen molar-refractivity contribution in [3.8, 4) is 0 Å². The van der Waals surface area contributed by atoms with Crippen molar-refractivity contribution in [2.75, 3.05) is 20.2 Å². The molecule has 4 nitrogen and oxygen atoms in total. The Hall–Kier alpha value is -0.610. The van der Waals surface area contributed by atoms with Crippen molar-refractivity contribution in [2.45, 2.75) is 6.92 Å². The number of hydroxylamine groups is 1. The van der Waals surface area contributed by atoms with E-state index in [1.807, 2.05) is 0 Å². The lowest BCUT2D eigenvalue weighted by atomic mass is 10.6. The molecule has 0 aliphatic carbocycles. The van der Waals surface area contributed by atoms with Crippen LogP contribution in [-0.2, 0) is 9.63 Å². The molecule has 0 aliphatic heterocycles. The highest BCUT2D eigenvalue weighted by atomic mass is 16.6. The van der Waals surface area contributed by atoms with Crippen molar-refractivity contribution in [1.29, 1.82) is 0 Å². The number of hydrogen-bond acceptors (Lipinski definition) is 3. The highest BCUT2D eigenvalue weighted by Crippen LogP contribution is 1.63. The van der Waals surface area contributed by atoms with Crippen molar-refractivity contribution < 1.29 is 9.63 Å². The van der Waals surface area contributed by atoms with Gasteiger partial charge in [0.1, 0.15) is 0 Å². The minimum Gasteiger partial charge on any atom is -0.354 e. The summed E-state index contributed by atoms with van der Waals surface area (Å²) in [6.45, 7) is 2.52. The zero-order valence-electron chi connectivity index (χ0n) is 5.73. The van der Waals surface area contributed by atoms with Crippen molar-refractivity contribution in [2.24, 2.45) is 0 Å². The van der Waals surface area contributed by atoms with E-state index in [4.69, 9.17) is 4.84 Å². The van der Waals surface area contributed by atoms with Gasteiger partial charge < -0.3 is 10.2 Å². The van der Waals surface area contributed by atoms with Gasteiger partial charge >= 0.3 is 0 Å². The van der Waals surface area contributed by atoms with Gasteiger partial charge in [-0.2, -0.15) is 0 Å². The average molecular weight is 132 g/mol. The fraction of sp³-hybridized carbons (Fsp3) is 0.800. The molecule has 0 fully saturated rings. The predicted molar refractivity (Wildman–Crippen MR) is 33.7 cm³/mol. The molecule has 0 aliphatic rings. The molecule has 0 radical (unpaired) electrons. The summed E-state index contributed by atoms with van der Waals surface area (Å²) >= 11 is 0. The highest BCUT2D eigenvalue weighted by molar-refractivity contribution is 5.72. The van der Waals surface area contributed by atoms with Gasteiger partial charge in [0.15, 0.2) is 0 Å². The second-order valence-corrected chi connectivity index (χ2v) is 1.54. The second-order valence-electron chi connectivity index (χ2n) is 1.54. The summed E-state index contributed by atoms with van der Waals surface area (Å²) in [6.07, 6.45) is 0. The van der Waals surface area contributed by atoms with Gasteiger partial charge in [-0.15, -0.1) is 0 Å². The molecule has 0 atom stereocenters. The van der Waals surface area contributed by atoms with E-state index in [1.165, 1.54) is 6.92 Å². The maximum absolute atomic E-state index is 10.2. The first kappa shape index (κ1) is 8.39. The SMILES string of the molecule is CNOCCNC(C)=O. The summed E-state index contributed by atoms with van der Waals surface area (Å²) in [6, 6.07) is 0. The quantitative estimate of drug-likeness (QED) is 0.392. The number of nitrogens with one attached hydrogen (secondary N) is 2. The molecule has 2 N–H and O–H groups in total. The van der Waals surface area contributed by atoms with Gasteiger partial charge in [-0.3, -0.25) is 4.79 Å². The standard InChI is InChI=1S/C5H12N2O2/c1-5(8)7-3-4-9-6-2/h6H,3-4H2,1-2H3,(H,7,8). The van der Waals surface area contributed by atoms with Crippen molar-refractivity contribution >= 4 is 5.91 Å². The summed E-state index contributed by atoms with van der Waals surface area (Å²) in [4.78, 5) is 14.9. The van der Waals surface area contributed by atoms with Gasteiger partial charge in [0.05, 0.1) is 6.61 Å². The Morgan fingerprint density at radius 3 is 2.78 bits per heavy atom. The van der Waals surface area contributed by atoms with Crippen LogP contribution in [0.3, 0.4) is 0 Å². The number of carbonyl (C=O) groups excluding carboxylic acids is 1. The first-order valence-corrected chi connectivity index (χ1v) is 2.80. The third kappa shape index (κ3) is 7.39. The van der Waals surface area contributed by atoms with Crippen LogP contribution in [0.15, 0.2) is 0 Å². The van der Waals surface area contributed by atoms with Crippen LogP contribution in [0.5, 0.6) is 0 Å². The molecule has 54 valence electrons. The summed E-state index contributed by atoms with van der Waals surface area (Å²) in [7, 11) is 1.67. The Morgan fingerprint density at radius 1 is 1.67 bits per heavy atom. The van der Waals surface area contributed by atoms with Crippen molar-refractivity contribution in [3.63, 3.8) is 0 Å². The molecule has 0 saturated heterocycles. The van der Waals surface area contributed by atoms with Gasteiger partial charge in [-0.1, -0.05) is 0 Å². The Balaban J connectivity index is 2.83. The number of hydrogen-bond donors (Lipinski definition) is 2. The van der Waals surface area contributed by atoms with E-state index < -0.39 is 0 Å². The fourth-order valence-electron chi connectivity index (χ4n) is 0.380. The van der Waals surface area contributed by atoms with Crippen LogP contribution < -0.4 is 10.8 Å². The van der Waals surface area contributed by atoms with E-state index in [0.29, 0.717) is 13.2 Å². The van der Waals surface area contributed by atoms with Crippen LogP contribution in [0, 0.1) is 0 Å². The molecule has 0 bridgehead atoms. The van der Waals surface area contributed by atoms with Gasteiger partial charge in [-0.25, -0.2) is 5.48 Å². The fourth-order valence-corrected chi connectivity index (χ4v) is 0.380. The molecule has 1 amide bonds. The summed E-state index contributed by atoms with van der Waals surface area (Å²) in [5.41, 5.74) is 2.49. The van der Waals surface area contributed by atoms with Crippen LogP contribution in [0.25, 0.3) is 0 Å². The van der Waals surface area contributed by atoms with Gasteiger partial charge in [0.25, 0.3) is 0 Å². The molecule has 0 heterocycles. The molecule has 0 unspecified atom stereocenters. The Kier molecular flexibility index (Phi) is 5.15. The van der Waals surface area contributed by atoms with Gasteiger partial charge in [0, 0.05) is 20.5 Å². The maximum atomic E-state index is 10.2. The first-order valence-electron chi connectivity index (χ1n) is 2.80. The van der Waals surface area contributed by atoms with Gasteiger partial charge in [0.2, 0.25) is 5.91 Å².